The molecule has 0 unspecified atom stereocenters. The minimum Gasteiger partial charge on any atom is -0.337 e. The van der Waals surface area contributed by atoms with E-state index in [4.69, 9.17) is 0 Å². The first kappa shape index (κ1) is 16.6. The van der Waals surface area contributed by atoms with E-state index in [1.165, 1.54) is 0 Å². The van der Waals surface area contributed by atoms with Crippen LogP contribution in [0.4, 0.5) is 0 Å². The molecule has 24 heavy (non-hydrogen) atoms. The van der Waals surface area contributed by atoms with Crippen molar-refractivity contribution in [1.82, 2.24) is 19.7 Å². The molecule has 0 aliphatic rings. The van der Waals surface area contributed by atoms with Gasteiger partial charge in [0.2, 0.25) is 0 Å². The van der Waals surface area contributed by atoms with Crippen molar-refractivity contribution in [2.45, 2.75) is 20.4 Å². The maximum absolute atomic E-state index is 13.0. The molecule has 5 nitrogen and oxygen atoms in total. The Kier molecular flexibility index (Phi) is 4.41. The predicted octanol–water partition coefficient (Wildman–Crippen LogP) is 3.62. The van der Waals surface area contributed by atoms with Crippen molar-refractivity contribution in [2.24, 2.45) is 7.05 Å². The number of halogens is 1. The summed E-state index contributed by atoms with van der Waals surface area (Å²) < 4.78 is 2.75. The molecule has 6 heteroatoms. The second-order valence-corrected chi connectivity index (χ2v) is 6.92. The second kappa shape index (κ2) is 6.36. The summed E-state index contributed by atoms with van der Waals surface area (Å²) in [6.45, 7) is 4.35. The Labute approximate surface area is 149 Å². The average Bonchev–Trinajstić information content (AvgIpc) is 2.82. The summed E-state index contributed by atoms with van der Waals surface area (Å²) >= 11 is 3.43. The molecule has 0 spiro atoms. The van der Waals surface area contributed by atoms with Gasteiger partial charge in [-0.1, -0.05) is 28.1 Å². The highest BCUT2D eigenvalue weighted by molar-refractivity contribution is 9.10. The van der Waals surface area contributed by atoms with Gasteiger partial charge in [0, 0.05) is 30.8 Å². The van der Waals surface area contributed by atoms with Gasteiger partial charge in [-0.3, -0.25) is 9.48 Å². The third-order valence-electron chi connectivity index (χ3n) is 4.01. The van der Waals surface area contributed by atoms with E-state index in [2.05, 4.69) is 26.0 Å². The maximum atomic E-state index is 13.0. The van der Waals surface area contributed by atoms with Gasteiger partial charge in [0.05, 0.1) is 16.6 Å². The molecular weight excluding hydrogens is 368 g/mol. The summed E-state index contributed by atoms with van der Waals surface area (Å²) in [5.74, 6) is -0.0236. The van der Waals surface area contributed by atoms with Gasteiger partial charge >= 0.3 is 0 Å². The van der Waals surface area contributed by atoms with Gasteiger partial charge < -0.3 is 4.90 Å². The summed E-state index contributed by atoms with van der Waals surface area (Å²) in [5, 5.41) is 5.24. The molecule has 2 heterocycles. The van der Waals surface area contributed by atoms with Crippen LogP contribution in [0, 0.1) is 13.8 Å². The number of pyridine rings is 1. The molecule has 1 amide bonds. The van der Waals surface area contributed by atoms with E-state index in [0.29, 0.717) is 12.1 Å². The predicted molar refractivity (Wildman–Crippen MR) is 97.9 cm³/mol. The highest BCUT2D eigenvalue weighted by atomic mass is 79.9. The number of aryl methyl sites for hydroxylation is 3. The lowest BCUT2D eigenvalue weighted by Gasteiger charge is -2.18. The van der Waals surface area contributed by atoms with Crippen LogP contribution >= 0.6 is 15.9 Å². The fourth-order valence-electron chi connectivity index (χ4n) is 2.88. The first-order valence-corrected chi connectivity index (χ1v) is 8.47. The Morgan fingerprint density at radius 1 is 1.25 bits per heavy atom. The highest BCUT2D eigenvalue weighted by Crippen LogP contribution is 2.23. The van der Waals surface area contributed by atoms with E-state index >= 15 is 0 Å². The van der Waals surface area contributed by atoms with Gasteiger partial charge in [-0.15, -0.1) is 0 Å². The molecule has 0 radical (unpaired) electrons. The van der Waals surface area contributed by atoms with Crippen LogP contribution in [0.2, 0.25) is 0 Å². The number of amides is 1. The summed E-state index contributed by atoms with van der Waals surface area (Å²) in [7, 11) is 3.67. The van der Waals surface area contributed by atoms with Gasteiger partial charge in [0.15, 0.2) is 5.65 Å². The van der Waals surface area contributed by atoms with Crippen LogP contribution in [-0.2, 0) is 13.6 Å². The molecule has 3 rings (SSSR count). The molecule has 0 atom stereocenters. The highest BCUT2D eigenvalue weighted by Gasteiger charge is 2.20. The van der Waals surface area contributed by atoms with Crippen molar-refractivity contribution >= 4 is 32.9 Å². The van der Waals surface area contributed by atoms with Crippen molar-refractivity contribution < 1.29 is 4.79 Å². The Bertz CT molecular complexity index is 915. The van der Waals surface area contributed by atoms with E-state index in [0.717, 1.165) is 32.5 Å². The minimum atomic E-state index is -0.0236. The molecule has 0 N–H and O–H groups in total. The van der Waals surface area contributed by atoms with Gasteiger partial charge in [0.25, 0.3) is 5.91 Å². The lowest BCUT2D eigenvalue weighted by Crippen LogP contribution is -2.26. The maximum Gasteiger partial charge on any atom is 0.254 e. The number of carbonyl (C=O) groups excluding carboxylic acids is 1. The number of rotatable bonds is 3. The van der Waals surface area contributed by atoms with Crippen molar-refractivity contribution in [1.29, 1.82) is 0 Å². The number of fused-ring (bicyclic) bond motifs is 1. The van der Waals surface area contributed by atoms with Crippen LogP contribution in [0.15, 0.2) is 34.8 Å². The van der Waals surface area contributed by atoms with Crippen molar-refractivity contribution in [3.63, 3.8) is 0 Å². The van der Waals surface area contributed by atoms with E-state index in [1.54, 1.807) is 9.58 Å². The smallest absolute Gasteiger partial charge is 0.254 e. The number of hydrogen-bond donors (Lipinski definition) is 0. The summed E-state index contributed by atoms with van der Waals surface area (Å²) in [5.41, 5.74) is 4.11. The first-order chi connectivity index (χ1) is 11.4. The third-order valence-corrected chi connectivity index (χ3v) is 4.54. The summed E-state index contributed by atoms with van der Waals surface area (Å²) in [6, 6.07) is 9.83. The third kappa shape index (κ3) is 3.06. The first-order valence-electron chi connectivity index (χ1n) is 7.67. The topological polar surface area (TPSA) is 51.0 Å². The molecule has 0 aliphatic carbocycles. The second-order valence-electron chi connectivity index (χ2n) is 6.01. The van der Waals surface area contributed by atoms with E-state index in [-0.39, 0.29) is 5.91 Å². The van der Waals surface area contributed by atoms with E-state index < -0.39 is 0 Å². The van der Waals surface area contributed by atoms with Crippen LogP contribution in [0.25, 0.3) is 11.0 Å². The number of aromatic nitrogens is 3. The van der Waals surface area contributed by atoms with Crippen molar-refractivity contribution in [2.75, 3.05) is 7.05 Å². The fourth-order valence-corrected chi connectivity index (χ4v) is 3.14. The number of benzene rings is 1. The van der Waals surface area contributed by atoms with Crippen LogP contribution in [0.5, 0.6) is 0 Å². The SMILES string of the molecule is Cc1cc(C(=O)N(C)Cc2ccc(Br)cc2)c2c(C)nn(C)c2n1. The molecule has 0 bridgehead atoms. The molecule has 0 aliphatic heterocycles. The van der Waals surface area contributed by atoms with Crippen molar-refractivity contribution in [3.05, 3.63) is 57.3 Å². The van der Waals surface area contributed by atoms with Gasteiger partial charge in [-0.2, -0.15) is 5.10 Å². The summed E-state index contributed by atoms with van der Waals surface area (Å²) in [6.07, 6.45) is 0. The zero-order chi connectivity index (χ0) is 17.4. The molecule has 0 fully saturated rings. The van der Waals surface area contributed by atoms with E-state index in [1.807, 2.05) is 58.3 Å². The lowest BCUT2D eigenvalue weighted by molar-refractivity contribution is 0.0787. The largest absolute Gasteiger partial charge is 0.337 e. The van der Waals surface area contributed by atoms with Crippen LogP contribution < -0.4 is 0 Å². The Morgan fingerprint density at radius 3 is 2.58 bits per heavy atom. The monoisotopic (exact) mass is 386 g/mol. The Morgan fingerprint density at radius 2 is 1.92 bits per heavy atom. The molecule has 0 saturated heterocycles. The minimum absolute atomic E-state index is 0.0236. The van der Waals surface area contributed by atoms with Crippen LogP contribution in [0.3, 0.4) is 0 Å². The zero-order valence-corrected chi connectivity index (χ0v) is 15.8. The number of hydrogen-bond acceptors (Lipinski definition) is 3. The van der Waals surface area contributed by atoms with E-state index in [9.17, 15) is 4.79 Å². The molecule has 2 aromatic heterocycles. The fraction of sp³-hybridized carbons (Fsp3) is 0.278. The zero-order valence-electron chi connectivity index (χ0n) is 14.2. The molecule has 0 saturated carbocycles. The van der Waals surface area contributed by atoms with Gasteiger partial charge in [0.1, 0.15) is 0 Å². The molecule has 124 valence electrons. The molecule has 3 aromatic rings. The number of nitrogens with zero attached hydrogens (tertiary/aromatic N) is 4. The average molecular weight is 387 g/mol. The van der Waals surface area contributed by atoms with Crippen LogP contribution in [0.1, 0.15) is 27.3 Å². The lowest BCUT2D eigenvalue weighted by atomic mass is 10.1. The van der Waals surface area contributed by atoms with Gasteiger partial charge in [-0.25, -0.2) is 4.98 Å². The quantitative estimate of drug-likeness (QED) is 0.690. The summed E-state index contributed by atoms with van der Waals surface area (Å²) in [4.78, 5) is 19.2. The number of carbonyl (C=O) groups is 1. The molecular formula is C18H19BrN4O. The Hall–Kier alpha value is -2.21. The standard InChI is InChI=1S/C18H19BrN4O/c1-11-9-15(16-12(2)21-23(4)17(16)20-11)18(24)22(3)10-13-5-7-14(19)8-6-13/h5-9H,10H2,1-4H3. The van der Waals surface area contributed by atoms with Crippen molar-refractivity contribution in [3.8, 4) is 0 Å². The molecule has 1 aromatic carbocycles. The van der Waals surface area contributed by atoms with Crippen LogP contribution in [-0.4, -0.2) is 32.6 Å². The van der Waals surface area contributed by atoms with Gasteiger partial charge in [-0.05, 0) is 37.6 Å². The normalized spacial score (nSPS) is 11.0. The Balaban J connectivity index is 1.97.